The van der Waals surface area contributed by atoms with Crippen molar-refractivity contribution in [1.82, 2.24) is 4.98 Å². The highest BCUT2D eigenvalue weighted by atomic mass is 19.1. The van der Waals surface area contributed by atoms with Crippen LogP contribution in [-0.4, -0.2) is 4.98 Å². The molecule has 1 heterocycles. The first-order valence-corrected chi connectivity index (χ1v) is 4.93. The summed E-state index contributed by atoms with van der Waals surface area (Å²) in [6.07, 6.45) is 0. The maximum atomic E-state index is 13.1. The molecule has 0 radical (unpaired) electrons. The lowest BCUT2D eigenvalue weighted by Crippen LogP contribution is -1.79. The van der Waals surface area contributed by atoms with Crippen LogP contribution in [0.2, 0.25) is 0 Å². The van der Waals surface area contributed by atoms with Crippen LogP contribution in [0.1, 0.15) is 25.1 Å². The number of aromatic nitrogens is 1. The maximum Gasteiger partial charge on any atom is 0.147 e. The number of fused-ring (bicyclic) bond motifs is 1. The van der Waals surface area contributed by atoms with Crippen molar-refractivity contribution in [2.24, 2.45) is 0 Å². The van der Waals surface area contributed by atoms with E-state index >= 15 is 0 Å². The zero-order chi connectivity index (χ0) is 10.7. The van der Waals surface area contributed by atoms with E-state index in [-0.39, 0.29) is 5.82 Å². The summed E-state index contributed by atoms with van der Waals surface area (Å²) in [5, 5.41) is 0.979. The Morgan fingerprint density at radius 3 is 2.36 bits per heavy atom. The van der Waals surface area contributed by atoms with Gasteiger partial charge in [0.15, 0.2) is 0 Å². The summed E-state index contributed by atoms with van der Waals surface area (Å²) in [4.78, 5) is 2.99. The molecule has 0 atom stereocenters. The minimum Gasteiger partial charge on any atom is -0.356 e. The molecule has 0 saturated heterocycles. The van der Waals surface area contributed by atoms with Crippen LogP contribution in [0.3, 0.4) is 0 Å². The number of hydrogen-bond donors (Lipinski definition) is 1. The number of H-pyrrole nitrogens is 1. The summed E-state index contributed by atoms with van der Waals surface area (Å²) in [5.41, 5.74) is 2.72. The fourth-order valence-electron chi connectivity index (χ4n) is 1.46. The topological polar surface area (TPSA) is 15.8 Å². The summed E-state index contributed by atoms with van der Waals surface area (Å²) in [6, 6.07) is 5.26. The van der Waals surface area contributed by atoms with Gasteiger partial charge >= 0.3 is 0 Å². The number of rotatable bonds is 0. The molecule has 2 rings (SSSR count). The van der Waals surface area contributed by atoms with Gasteiger partial charge in [0, 0.05) is 11.1 Å². The molecular formula is C12H16FN. The van der Waals surface area contributed by atoms with Crippen LogP contribution in [0, 0.1) is 19.7 Å². The fourth-order valence-corrected chi connectivity index (χ4v) is 1.46. The Kier molecular flexibility index (Phi) is 3.28. The second kappa shape index (κ2) is 4.27. The predicted octanol–water partition coefficient (Wildman–Crippen LogP) is 3.95. The van der Waals surface area contributed by atoms with Gasteiger partial charge in [-0.05, 0) is 31.5 Å². The molecule has 0 aliphatic carbocycles. The second-order valence-corrected chi connectivity index (χ2v) is 3.11. The van der Waals surface area contributed by atoms with E-state index in [4.69, 9.17) is 0 Å². The van der Waals surface area contributed by atoms with Crippen molar-refractivity contribution in [2.75, 3.05) is 0 Å². The normalized spacial score (nSPS) is 9.79. The third kappa shape index (κ3) is 1.79. The average molecular weight is 193 g/mol. The minimum absolute atomic E-state index is 0.177. The van der Waals surface area contributed by atoms with Gasteiger partial charge in [-0.25, -0.2) is 4.39 Å². The molecule has 0 amide bonds. The zero-order valence-electron chi connectivity index (χ0n) is 9.11. The van der Waals surface area contributed by atoms with Crippen LogP contribution in [0.4, 0.5) is 4.39 Å². The van der Waals surface area contributed by atoms with E-state index in [2.05, 4.69) is 4.98 Å². The van der Waals surface area contributed by atoms with E-state index in [1.54, 1.807) is 6.07 Å². The lowest BCUT2D eigenvalue weighted by molar-refractivity contribution is 0.637. The molecule has 0 bridgehead atoms. The Morgan fingerprint density at radius 1 is 1.14 bits per heavy atom. The molecule has 0 unspecified atom stereocenters. The van der Waals surface area contributed by atoms with Crippen LogP contribution in [0.5, 0.6) is 0 Å². The average Bonchev–Trinajstić information content (AvgIpc) is 2.58. The first-order chi connectivity index (χ1) is 6.68. The van der Waals surface area contributed by atoms with E-state index in [0.29, 0.717) is 5.52 Å². The summed E-state index contributed by atoms with van der Waals surface area (Å²) >= 11 is 0. The maximum absolute atomic E-state index is 13.1. The molecular weight excluding hydrogens is 177 g/mol. The second-order valence-electron chi connectivity index (χ2n) is 3.11. The number of aromatic amines is 1. The van der Waals surface area contributed by atoms with Gasteiger partial charge in [-0.15, -0.1) is 0 Å². The first kappa shape index (κ1) is 10.8. The van der Waals surface area contributed by atoms with Gasteiger partial charge in [0.25, 0.3) is 0 Å². The van der Waals surface area contributed by atoms with Crippen LogP contribution in [0.25, 0.3) is 10.9 Å². The quantitative estimate of drug-likeness (QED) is 0.652. The Balaban J connectivity index is 0.000000461. The van der Waals surface area contributed by atoms with Crippen molar-refractivity contribution >= 4 is 10.9 Å². The molecule has 2 heteroatoms. The fraction of sp³-hybridized carbons (Fsp3) is 0.333. The Labute approximate surface area is 84.0 Å². The van der Waals surface area contributed by atoms with Crippen LogP contribution in [0.15, 0.2) is 18.2 Å². The summed E-state index contributed by atoms with van der Waals surface area (Å²) in [7, 11) is 0. The monoisotopic (exact) mass is 193 g/mol. The number of aryl methyl sites for hydroxylation is 2. The molecule has 1 aromatic heterocycles. The molecule has 1 nitrogen and oxygen atoms in total. The van der Waals surface area contributed by atoms with Gasteiger partial charge < -0.3 is 4.98 Å². The molecule has 76 valence electrons. The van der Waals surface area contributed by atoms with E-state index in [9.17, 15) is 4.39 Å². The van der Waals surface area contributed by atoms with Crippen molar-refractivity contribution in [3.8, 4) is 0 Å². The van der Waals surface area contributed by atoms with E-state index in [1.807, 2.05) is 33.8 Å². The van der Waals surface area contributed by atoms with Crippen LogP contribution < -0.4 is 0 Å². The van der Waals surface area contributed by atoms with Gasteiger partial charge in [-0.3, -0.25) is 0 Å². The van der Waals surface area contributed by atoms with Gasteiger partial charge in [-0.2, -0.15) is 0 Å². The van der Waals surface area contributed by atoms with E-state index in [1.165, 1.54) is 6.07 Å². The molecule has 14 heavy (non-hydrogen) atoms. The Morgan fingerprint density at radius 2 is 1.79 bits per heavy atom. The summed E-state index contributed by atoms with van der Waals surface area (Å²) in [5.74, 6) is -0.177. The molecule has 0 saturated carbocycles. The summed E-state index contributed by atoms with van der Waals surface area (Å²) in [6.45, 7) is 7.91. The third-order valence-corrected chi connectivity index (χ3v) is 2.10. The molecule has 0 fully saturated rings. The van der Waals surface area contributed by atoms with Crippen molar-refractivity contribution in [3.63, 3.8) is 0 Å². The first-order valence-electron chi connectivity index (χ1n) is 4.93. The predicted molar refractivity (Wildman–Crippen MR) is 59.1 cm³/mol. The van der Waals surface area contributed by atoms with Crippen molar-refractivity contribution in [3.05, 3.63) is 35.3 Å². The van der Waals surface area contributed by atoms with Crippen molar-refractivity contribution in [2.45, 2.75) is 27.7 Å². The number of nitrogens with one attached hydrogen (secondary N) is 1. The Bertz CT molecular complexity index is 390. The van der Waals surface area contributed by atoms with Crippen LogP contribution >= 0.6 is 0 Å². The Hall–Kier alpha value is -1.31. The smallest absolute Gasteiger partial charge is 0.147 e. The molecule has 1 N–H and O–H groups in total. The molecule has 0 aliphatic heterocycles. The molecule has 0 aliphatic rings. The SMILES string of the molecule is CC.Cc1cc2c(C)ccc(F)c2[nH]1. The van der Waals surface area contributed by atoms with Crippen molar-refractivity contribution in [1.29, 1.82) is 0 Å². The summed E-state index contributed by atoms with van der Waals surface area (Å²) < 4.78 is 13.1. The molecule has 2 aromatic rings. The highest BCUT2D eigenvalue weighted by Crippen LogP contribution is 2.21. The number of benzene rings is 1. The van der Waals surface area contributed by atoms with Gasteiger partial charge in [0.1, 0.15) is 5.82 Å². The third-order valence-electron chi connectivity index (χ3n) is 2.10. The highest BCUT2D eigenvalue weighted by Gasteiger charge is 2.04. The lowest BCUT2D eigenvalue weighted by Gasteiger charge is -1.95. The lowest BCUT2D eigenvalue weighted by atomic mass is 10.1. The molecule has 0 spiro atoms. The van der Waals surface area contributed by atoms with Crippen LogP contribution in [-0.2, 0) is 0 Å². The number of halogens is 1. The largest absolute Gasteiger partial charge is 0.356 e. The highest BCUT2D eigenvalue weighted by molar-refractivity contribution is 5.84. The molecule has 1 aromatic carbocycles. The van der Waals surface area contributed by atoms with E-state index < -0.39 is 0 Å². The standard InChI is InChI=1S/C10H10FN.C2H6/c1-6-3-4-9(11)10-8(6)5-7(2)12-10;1-2/h3-5,12H,1-2H3;1-2H3. The zero-order valence-corrected chi connectivity index (χ0v) is 9.11. The van der Waals surface area contributed by atoms with Gasteiger partial charge in [0.05, 0.1) is 5.52 Å². The van der Waals surface area contributed by atoms with Crippen molar-refractivity contribution < 1.29 is 4.39 Å². The van der Waals surface area contributed by atoms with Gasteiger partial charge in [0.2, 0.25) is 0 Å². The minimum atomic E-state index is -0.177. The van der Waals surface area contributed by atoms with Gasteiger partial charge in [-0.1, -0.05) is 19.9 Å². The van der Waals surface area contributed by atoms with E-state index in [0.717, 1.165) is 16.6 Å². The number of hydrogen-bond acceptors (Lipinski definition) is 0.